The zero-order chi connectivity index (χ0) is 18.5. The molecule has 1 atom stereocenters. The molecule has 4 saturated heterocycles. The number of amides is 4. The van der Waals surface area contributed by atoms with Gasteiger partial charge in [-0.2, -0.15) is 0 Å². The molecule has 4 aliphatic rings. The summed E-state index contributed by atoms with van der Waals surface area (Å²) in [6.45, 7) is 6.70. The maximum absolute atomic E-state index is 13.1. The third-order valence-corrected chi connectivity index (χ3v) is 7.41. The first-order chi connectivity index (χ1) is 12.4. The van der Waals surface area contributed by atoms with Gasteiger partial charge in [0.25, 0.3) is 0 Å². The Kier molecular flexibility index (Phi) is 4.15. The van der Waals surface area contributed by atoms with Gasteiger partial charge < -0.3 is 19.6 Å². The van der Waals surface area contributed by atoms with Crippen LogP contribution in [0.15, 0.2) is 0 Å². The number of nitrogens with zero attached hydrogens (tertiary/aromatic N) is 4. The van der Waals surface area contributed by atoms with Crippen molar-refractivity contribution in [2.75, 3.05) is 52.9 Å². The van der Waals surface area contributed by atoms with E-state index in [1.54, 1.807) is 6.92 Å². The van der Waals surface area contributed by atoms with Crippen LogP contribution in [-0.4, -0.2) is 90.3 Å². The van der Waals surface area contributed by atoms with Gasteiger partial charge in [-0.25, -0.2) is 4.79 Å². The first-order valence-electron chi connectivity index (χ1n) is 9.94. The molecule has 144 valence electrons. The minimum Gasteiger partial charge on any atom is -0.345 e. The molecule has 4 fully saturated rings. The Labute approximate surface area is 155 Å². The second-order valence-corrected chi connectivity index (χ2v) is 8.68. The summed E-state index contributed by atoms with van der Waals surface area (Å²) in [7, 11) is 1.87. The molecule has 4 aliphatic heterocycles. The zero-order valence-corrected chi connectivity index (χ0v) is 16.0. The van der Waals surface area contributed by atoms with Crippen molar-refractivity contribution in [2.45, 2.75) is 39.0 Å². The van der Waals surface area contributed by atoms with Gasteiger partial charge >= 0.3 is 6.03 Å². The number of carbonyl (C=O) groups excluding carboxylic acids is 3. The van der Waals surface area contributed by atoms with Crippen molar-refractivity contribution in [3.8, 4) is 0 Å². The van der Waals surface area contributed by atoms with Crippen LogP contribution >= 0.6 is 0 Å². The molecule has 26 heavy (non-hydrogen) atoms. The van der Waals surface area contributed by atoms with E-state index in [0.717, 1.165) is 51.7 Å². The van der Waals surface area contributed by atoms with Gasteiger partial charge in [0.15, 0.2) is 0 Å². The molecule has 7 heteroatoms. The second-order valence-electron chi connectivity index (χ2n) is 8.68. The predicted octanol–water partition coefficient (Wildman–Crippen LogP) is 0.995. The van der Waals surface area contributed by atoms with Crippen molar-refractivity contribution in [3.05, 3.63) is 0 Å². The summed E-state index contributed by atoms with van der Waals surface area (Å²) in [6.07, 6.45) is 4.65. The van der Waals surface area contributed by atoms with E-state index in [2.05, 4.69) is 0 Å². The molecule has 4 amide bonds. The maximum Gasteiger partial charge on any atom is 0.319 e. The van der Waals surface area contributed by atoms with Crippen LogP contribution in [-0.2, 0) is 9.59 Å². The van der Waals surface area contributed by atoms with Crippen molar-refractivity contribution < 1.29 is 14.4 Å². The van der Waals surface area contributed by atoms with Gasteiger partial charge in [0.1, 0.15) is 0 Å². The number of likely N-dealkylation sites (tertiary alicyclic amines) is 4. The van der Waals surface area contributed by atoms with E-state index in [-0.39, 0.29) is 23.3 Å². The summed E-state index contributed by atoms with van der Waals surface area (Å²) in [4.78, 5) is 45.5. The summed E-state index contributed by atoms with van der Waals surface area (Å²) in [5.41, 5.74) is -0.626. The van der Waals surface area contributed by atoms with Gasteiger partial charge in [-0.15, -0.1) is 0 Å². The smallest absolute Gasteiger partial charge is 0.319 e. The van der Waals surface area contributed by atoms with Crippen molar-refractivity contribution in [2.24, 2.45) is 10.8 Å². The summed E-state index contributed by atoms with van der Waals surface area (Å²) >= 11 is 0. The highest BCUT2D eigenvalue weighted by Crippen LogP contribution is 2.57. The molecule has 0 aromatic rings. The fourth-order valence-corrected chi connectivity index (χ4v) is 5.73. The Morgan fingerprint density at radius 3 is 2.00 bits per heavy atom. The van der Waals surface area contributed by atoms with E-state index in [4.69, 9.17) is 0 Å². The monoisotopic (exact) mass is 362 g/mol. The first-order valence-corrected chi connectivity index (χ1v) is 9.94. The number of fused-ring (bicyclic) bond motifs is 1. The lowest BCUT2D eigenvalue weighted by atomic mass is 9.60. The Hall–Kier alpha value is -1.79. The first kappa shape index (κ1) is 17.6. The van der Waals surface area contributed by atoms with Crippen LogP contribution in [0.5, 0.6) is 0 Å². The number of carbonyl (C=O) groups is 3. The Balaban J connectivity index is 1.54. The lowest BCUT2D eigenvalue weighted by Gasteiger charge is -2.47. The van der Waals surface area contributed by atoms with Gasteiger partial charge in [-0.1, -0.05) is 0 Å². The molecular formula is C19H30N4O3. The molecule has 0 N–H and O–H groups in total. The van der Waals surface area contributed by atoms with Gasteiger partial charge in [-0.05, 0) is 32.1 Å². The van der Waals surface area contributed by atoms with Crippen molar-refractivity contribution >= 4 is 17.8 Å². The van der Waals surface area contributed by atoms with Gasteiger partial charge in [-0.3, -0.25) is 9.59 Å². The number of urea groups is 1. The van der Waals surface area contributed by atoms with E-state index in [1.165, 1.54) is 0 Å². The molecular weight excluding hydrogens is 332 g/mol. The third kappa shape index (κ3) is 2.42. The zero-order valence-electron chi connectivity index (χ0n) is 16.0. The molecule has 0 unspecified atom stereocenters. The number of hydrogen-bond acceptors (Lipinski definition) is 3. The molecule has 7 nitrogen and oxygen atoms in total. The summed E-state index contributed by atoms with van der Waals surface area (Å²) in [5, 5.41) is 0. The Morgan fingerprint density at radius 1 is 0.846 bits per heavy atom. The molecule has 4 heterocycles. The van der Waals surface area contributed by atoms with Crippen molar-refractivity contribution in [3.63, 3.8) is 0 Å². The van der Waals surface area contributed by atoms with Crippen LogP contribution in [0.2, 0.25) is 0 Å². The van der Waals surface area contributed by atoms with Gasteiger partial charge in [0, 0.05) is 65.2 Å². The SMILES string of the molecule is CC(=O)N1CC2(CCN(C(=O)N3CCCC3)CC2)[C@@]2(CCN(C)C2=O)C1. The highest BCUT2D eigenvalue weighted by Gasteiger charge is 2.65. The summed E-state index contributed by atoms with van der Waals surface area (Å²) in [6, 6.07) is 0.155. The van der Waals surface area contributed by atoms with E-state index in [1.807, 2.05) is 26.6 Å². The molecule has 0 saturated carbocycles. The Morgan fingerprint density at radius 2 is 1.46 bits per heavy atom. The van der Waals surface area contributed by atoms with Crippen LogP contribution in [0.25, 0.3) is 0 Å². The molecule has 2 spiro atoms. The average molecular weight is 362 g/mol. The molecule has 0 aliphatic carbocycles. The molecule has 0 aromatic heterocycles. The average Bonchev–Trinajstić information content (AvgIpc) is 3.33. The number of hydrogen-bond donors (Lipinski definition) is 0. The topological polar surface area (TPSA) is 64.2 Å². The summed E-state index contributed by atoms with van der Waals surface area (Å²) < 4.78 is 0. The minimum atomic E-state index is -0.448. The van der Waals surface area contributed by atoms with Crippen LogP contribution < -0.4 is 0 Å². The van der Waals surface area contributed by atoms with E-state index in [0.29, 0.717) is 26.2 Å². The number of piperidine rings is 1. The fourth-order valence-electron chi connectivity index (χ4n) is 5.73. The quantitative estimate of drug-likeness (QED) is 0.646. The van der Waals surface area contributed by atoms with E-state index < -0.39 is 5.41 Å². The lowest BCUT2D eigenvalue weighted by molar-refractivity contribution is -0.141. The van der Waals surface area contributed by atoms with Gasteiger partial charge in [0.05, 0.1) is 5.41 Å². The predicted molar refractivity (Wildman–Crippen MR) is 96.4 cm³/mol. The number of rotatable bonds is 0. The van der Waals surface area contributed by atoms with Crippen LogP contribution in [0.3, 0.4) is 0 Å². The highest BCUT2D eigenvalue weighted by atomic mass is 16.2. The van der Waals surface area contributed by atoms with Crippen LogP contribution in [0, 0.1) is 10.8 Å². The standard InChI is InChI=1S/C19H30N4O3/c1-15(24)23-13-18(19(14-23)7-10-20(2)16(19)25)5-11-22(12-6-18)17(26)21-8-3-4-9-21/h3-14H2,1-2H3/t19-/m0/s1. The van der Waals surface area contributed by atoms with Crippen molar-refractivity contribution in [1.29, 1.82) is 0 Å². The van der Waals surface area contributed by atoms with Gasteiger partial charge in [0.2, 0.25) is 11.8 Å². The Bertz CT molecular complexity index is 622. The van der Waals surface area contributed by atoms with Crippen LogP contribution in [0.1, 0.15) is 39.0 Å². The fraction of sp³-hybridized carbons (Fsp3) is 0.842. The van der Waals surface area contributed by atoms with E-state index in [9.17, 15) is 14.4 Å². The molecule has 4 rings (SSSR count). The molecule has 0 radical (unpaired) electrons. The molecule has 0 aromatic carbocycles. The maximum atomic E-state index is 13.1. The van der Waals surface area contributed by atoms with Crippen molar-refractivity contribution in [1.82, 2.24) is 19.6 Å². The molecule has 0 bridgehead atoms. The highest BCUT2D eigenvalue weighted by molar-refractivity contribution is 5.88. The lowest BCUT2D eigenvalue weighted by Crippen LogP contribution is -2.55. The summed E-state index contributed by atoms with van der Waals surface area (Å²) in [5.74, 6) is 0.250. The normalized spacial score (nSPS) is 30.9. The van der Waals surface area contributed by atoms with Crippen LogP contribution in [0.4, 0.5) is 4.79 Å². The minimum absolute atomic E-state index is 0.0548. The third-order valence-electron chi connectivity index (χ3n) is 7.41. The van der Waals surface area contributed by atoms with E-state index >= 15 is 0 Å². The second kappa shape index (κ2) is 6.13. The largest absolute Gasteiger partial charge is 0.345 e.